The second-order valence-electron chi connectivity index (χ2n) is 4.30. The van der Waals surface area contributed by atoms with Crippen molar-refractivity contribution in [2.24, 2.45) is 0 Å². The van der Waals surface area contributed by atoms with Gasteiger partial charge >= 0.3 is 0 Å². The van der Waals surface area contributed by atoms with Crippen molar-refractivity contribution in [1.29, 1.82) is 0 Å². The Hall–Kier alpha value is -1.26. The zero-order chi connectivity index (χ0) is 12.8. The molecule has 4 heteroatoms. The minimum Gasteiger partial charge on any atom is -0.495 e. The predicted molar refractivity (Wildman–Crippen MR) is 70.2 cm³/mol. The molecule has 0 aliphatic rings. The van der Waals surface area contributed by atoms with Gasteiger partial charge < -0.3 is 15.2 Å². The van der Waals surface area contributed by atoms with Crippen molar-refractivity contribution in [2.75, 3.05) is 33.6 Å². The van der Waals surface area contributed by atoms with Gasteiger partial charge in [0.2, 0.25) is 0 Å². The molecule has 96 valence electrons. The van der Waals surface area contributed by atoms with Crippen LogP contribution in [-0.4, -0.2) is 38.8 Å². The minimum absolute atomic E-state index is 0.378. The predicted octanol–water partition coefficient (Wildman–Crippen LogP) is 1.74. The smallest absolute Gasteiger partial charge is 0.141 e. The van der Waals surface area contributed by atoms with Crippen molar-refractivity contribution in [2.45, 2.75) is 19.5 Å². The fourth-order valence-corrected chi connectivity index (χ4v) is 1.69. The highest BCUT2D eigenvalue weighted by molar-refractivity contribution is 5.54. The molecule has 0 amide bonds. The van der Waals surface area contributed by atoms with Crippen LogP contribution in [0.5, 0.6) is 5.75 Å². The third-order valence-electron chi connectivity index (χ3n) is 2.89. The zero-order valence-corrected chi connectivity index (χ0v) is 11.1. The summed E-state index contributed by atoms with van der Waals surface area (Å²) in [6.07, 6.45) is 0. The number of hydrogen-bond donors (Lipinski definition) is 1. The Morgan fingerprint density at radius 3 is 2.59 bits per heavy atom. The molecule has 0 spiro atoms. The monoisotopic (exact) mass is 238 g/mol. The molecule has 0 saturated heterocycles. The first kappa shape index (κ1) is 13.8. The molecule has 2 N–H and O–H groups in total. The largest absolute Gasteiger partial charge is 0.495 e. The van der Waals surface area contributed by atoms with Gasteiger partial charge in [0.25, 0.3) is 0 Å². The van der Waals surface area contributed by atoms with Gasteiger partial charge in [0, 0.05) is 19.7 Å². The molecule has 1 aromatic carbocycles. The highest BCUT2D eigenvalue weighted by Crippen LogP contribution is 2.22. The van der Waals surface area contributed by atoms with E-state index in [1.165, 1.54) is 5.56 Å². The van der Waals surface area contributed by atoms with Gasteiger partial charge in [-0.2, -0.15) is 0 Å². The maximum absolute atomic E-state index is 5.87. The number of benzene rings is 1. The molecule has 4 nitrogen and oxygen atoms in total. The van der Waals surface area contributed by atoms with E-state index in [9.17, 15) is 0 Å². The van der Waals surface area contributed by atoms with Crippen LogP contribution in [0.3, 0.4) is 0 Å². The summed E-state index contributed by atoms with van der Waals surface area (Å²) in [4.78, 5) is 2.23. The molecular formula is C13H22N2O2. The molecule has 0 saturated carbocycles. The molecule has 0 aliphatic carbocycles. The average molecular weight is 238 g/mol. The summed E-state index contributed by atoms with van der Waals surface area (Å²) in [7, 11) is 5.41. The third-order valence-corrected chi connectivity index (χ3v) is 2.89. The number of nitrogen functional groups attached to an aromatic ring is 1. The molecule has 17 heavy (non-hydrogen) atoms. The van der Waals surface area contributed by atoms with Crippen LogP contribution in [0.15, 0.2) is 18.2 Å². The molecule has 0 bridgehead atoms. The first-order valence-corrected chi connectivity index (χ1v) is 5.70. The number of nitrogens with two attached hydrogens (primary N) is 1. The second-order valence-corrected chi connectivity index (χ2v) is 4.30. The van der Waals surface area contributed by atoms with E-state index in [1.807, 2.05) is 18.2 Å². The summed E-state index contributed by atoms with van der Waals surface area (Å²) in [5, 5.41) is 0. The molecule has 0 fully saturated rings. The summed E-state index contributed by atoms with van der Waals surface area (Å²) in [5.74, 6) is 0.723. The summed E-state index contributed by atoms with van der Waals surface area (Å²) in [6, 6.07) is 6.27. The lowest BCUT2D eigenvalue weighted by Gasteiger charge is -2.24. The fourth-order valence-electron chi connectivity index (χ4n) is 1.69. The summed E-state index contributed by atoms with van der Waals surface area (Å²) < 4.78 is 10.3. The highest BCUT2D eigenvalue weighted by Gasteiger charge is 2.10. The van der Waals surface area contributed by atoms with E-state index >= 15 is 0 Å². The number of likely N-dealkylation sites (N-methyl/N-ethyl adjacent to an activating group) is 1. The van der Waals surface area contributed by atoms with Crippen molar-refractivity contribution < 1.29 is 9.47 Å². The van der Waals surface area contributed by atoms with Gasteiger partial charge in [-0.3, -0.25) is 4.90 Å². The number of methoxy groups -OCH3 is 2. The Kier molecular flexibility index (Phi) is 5.25. The molecule has 0 radical (unpaired) electrons. The van der Waals surface area contributed by atoms with Crippen LogP contribution in [0, 0.1) is 0 Å². The molecule has 1 atom stereocenters. The van der Waals surface area contributed by atoms with Crippen molar-refractivity contribution in [1.82, 2.24) is 4.90 Å². The van der Waals surface area contributed by atoms with Crippen LogP contribution >= 0.6 is 0 Å². The van der Waals surface area contributed by atoms with Crippen LogP contribution < -0.4 is 10.5 Å². The maximum Gasteiger partial charge on any atom is 0.141 e. The molecular weight excluding hydrogens is 216 g/mol. The van der Waals surface area contributed by atoms with Gasteiger partial charge in [0.15, 0.2) is 0 Å². The summed E-state index contributed by atoms with van der Waals surface area (Å²) >= 11 is 0. The van der Waals surface area contributed by atoms with Crippen molar-refractivity contribution >= 4 is 5.69 Å². The Morgan fingerprint density at radius 2 is 2.06 bits per heavy atom. The normalized spacial score (nSPS) is 12.8. The minimum atomic E-state index is 0.378. The molecule has 1 rings (SSSR count). The maximum atomic E-state index is 5.87. The van der Waals surface area contributed by atoms with Crippen molar-refractivity contribution in [3.8, 4) is 5.75 Å². The van der Waals surface area contributed by atoms with Crippen LogP contribution in [0.1, 0.15) is 12.5 Å². The number of hydrogen-bond acceptors (Lipinski definition) is 4. The SMILES string of the molecule is COCC(C)N(C)Cc1ccc(OC)c(N)c1. The number of ether oxygens (including phenoxy) is 2. The average Bonchev–Trinajstić information content (AvgIpc) is 2.29. The van der Waals surface area contributed by atoms with E-state index in [4.69, 9.17) is 15.2 Å². The van der Waals surface area contributed by atoms with E-state index in [1.54, 1.807) is 14.2 Å². The lowest BCUT2D eigenvalue weighted by Crippen LogP contribution is -2.32. The van der Waals surface area contributed by atoms with E-state index in [0.29, 0.717) is 11.7 Å². The number of anilines is 1. The summed E-state index contributed by atoms with van der Waals surface area (Å²) in [5.41, 5.74) is 7.73. The zero-order valence-electron chi connectivity index (χ0n) is 11.1. The third kappa shape index (κ3) is 3.91. The molecule has 0 aromatic heterocycles. The van der Waals surface area contributed by atoms with E-state index < -0.39 is 0 Å². The van der Waals surface area contributed by atoms with E-state index in [0.717, 1.165) is 18.9 Å². The van der Waals surface area contributed by atoms with Crippen LogP contribution in [-0.2, 0) is 11.3 Å². The molecule has 1 unspecified atom stereocenters. The van der Waals surface area contributed by atoms with Gasteiger partial charge in [-0.25, -0.2) is 0 Å². The van der Waals surface area contributed by atoms with Crippen molar-refractivity contribution in [3.63, 3.8) is 0 Å². The summed E-state index contributed by atoms with van der Waals surface area (Å²) in [6.45, 7) is 3.71. The number of rotatable bonds is 6. The van der Waals surface area contributed by atoms with Gasteiger partial charge in [-0.1, -0.05) is 6.07 Å². The first-order chi connectivity index (χ1) is 8.08. The Balaban J connectivity index is 2.65. The van der Waals surface area contributed by atoms with Gasteiger partial charge in [0.1, 0.15) is 5.75 Å². The second kappa shape index (κ2) is 6.47. The lowest BCUT2D eigenvalue weighted by molar-refractivity contribution is 0.112. The first-order valence-electron chi connectivity index (χ1n) is 5.70. The van der Waals surface area contributed by atoms with Gasteiger partial charge in [-0.15, -0.1) is 0 Å². The van der Waals surface area contributed by atoms with Crippen LogP contribution in [0.4, 0.5) is 5.69 Å². The molecule has 1 aromatic rings. The van der Waals surface area contributed by atoms with E-state index in [-0.39, 0.29) is 0 Å². The topological polar surface area (TPSA) is 47.7 Å². The Bertz CT molecular complexity index is 355. The lowest BCUT2D eigenvalue weighted by atomic mass is 10.1. The van der Waals surface area contributed by atoms with Crippen LogP contribution in [0.25, 0.3) is 0 Å². The standard InChI is InChI=1S/C13H22N2O2/c1-10(9-16-3)15(2)8-11-5-6-13(17-4)12(14)7-11/h5-7,10H,8-9,14H2,1-4H3. The fraction of sp³-hybridized carbons (Fsp3) is 0.538. The molecule has 0 aliphatic heterocycles. The van der Waals surface area contributed by atoms with Crippen LogP contribution in [0.2, 0.25) is 0 Å². The Labute approximate surface area is 103 Å². The quantitative estimate of drug-likeness (QED) is 0.767. The molecule has 0 heterocycles. The highest BCUT2D eigenvalue weighted by atomic mass is 16.5. The number of nitrogens with zero attached hydrogens (tertiary/aromatic N) is 1. The van der Waals surface area contributed by atoms with Gasteiger partial charge in [-0.05, 0) is 31.7 Å². The van der Waals surface area contributed by atoms with Gasteiger partial charge in [0.05, 0.1) is 19.4 Å². The van der Waals surface area contributed by atoms with E-state index in [2.05, 4.69) is 18.9 Å². The Morgan fingerprint density at radius 1 is 1.35 bits per heavy atom. The van der Waals surface area contributed by atoms with Crippen molar-refractivity contribution in [3.05, 3.63) is 23.8 Å².